The summed E-state index contributed by atoms with van der Waals surface area (Å²) in [6.45, 7) is 5.74. The van der Waals surface area contributed by atoms with Gasteiger partial charge >= 0.3 is 0 Å². The first-order chi connectivity index (χ1) is 13.8. The van der Waals surface area contributed by atoms with Crippen molar-refractivity contribution in [3.05, 3.63) is 53.5 Å². The molecule has 0 spiro atoms. The number of nitrogens with one attached hydrogen (secondary N) is 1. The fraction of sp³-hybridized carbons (Fsp3) is 0.300. The number of anilines is 1. The molecule has 0 saturated carbocycles. The largest absolute Gasteiger partial charge is 0.360 e. The molecule has 9 heteroatoms. The van der Waals surface area contributed by atoms with E-state index in [9.17, 15) is 9.59 Å². The summed E-state index contributed by atoms with van der Waals surface area (Å²) in [5.74, 6) is 0.598. The number of rotatable bonds is 7. The van der Waals surface area contributed by atoms with Gasteiger partial charge in [-0.05, 0) is 38.0 Å². The topological polar surface area (TPSA) is 93.3 Å². The highest BCUT2D eigenvalue weighted by Crippen LogP contribution is 2.23. The predicted molar refractivity (Wildman–Crippen MR) is 111 cm³/mol. The first-order valence-corrected chi connectivity index (χ1v) is 10.0. The Morgan fingerprint density at radius 2 is 2.03 bits per heavy atom. The van der Waals surface area contributed by atoms with Crippen LogP contribution in [-0.2, 0) is 9.59 Å². The standard InChI is InChI=1S/C20H23N5O3S/c1-13-5-6-14(2)16(9-13)25-8-7-21-20(25)29-12-19(27)24(4)11-18(26)22-17-10-15(3)28-23-17/h5-10H,11-12H2,1-4H3,(H,22,23,26). The molecule has 1 N–H and O–H groups in total. The third kappa shape index (κ3) is 5.26. The van der Waals surface area contributed by atoms with Crippen LogP contribution in [0.4, 0.5) is 5.82 Å². The zero-order valence-corrected chi connectivity index (χ0v) is 17.6. The Bertz CT molecular complexity index is 1030. The molecule has 0 fully saturated rings. The maximum Gasteiger partial charge on any atom is 0.245 e. The summed E-state index contributed by atoms with van der Waals surface area (Å²) in [5.41, 5.74) is 3.31. The molecule has 29 heavy (non-hydrogen) atoms. The Morgan fingerprint density at radius 3 is 2.76 bits per heavy atom. The summed E-state index contributed by atoms with van der Waals surface area (Å²) in [7, 11) is 1.59. The van der Waals surface area contributed by atoms with E-state index in [1.165, 1.54) is 16.7 Å². The van der Waals surface area contributed by atoms with Crippen LogP contribution < -0.4 is 5.32 Å². The second kappa shape index (κ2) is 8.95. The number of aromatic nitrogens is 3. The summed E-state index contributed by atoms with van der Waals surface area (Å²) in [6.07, 6.45) is 3.59. The maximum absolute atomic E-state index is 12.5. The molecule has 0 bridgehead atoms. The lowest BCUT2D eigenvalue weighted by molar-refractivity contribution is -0.131. The van der Waals surface area contributed by atoms with Gasteiger partial charge in [-0.15, -0.1) is 0 Å². The van der Waals surface area contributed by atoms with Gasteiger partial charge in [-0.2, -0.15) is 0 Å². The summed E-state index contributed by atoms with van der Waals surface area (Å²) >= 11 is 1.34. The lowest BCUT2D eigenvalue weighted by Gasteiger charge is -2.16. The molecule has 152 valence electrons. The van der Waals surface area contributed by atoms with Crippen LogP contribution >= 0.6 is 11.8 Å². The van der Waals surface area contributed by atoms with Crippen LogP contribution in [0.15, 0.2) is 46.3 Å². The number of nitrogens with zero attached hydrogens (tertiary/aromatic N) is 4. The molecule has 2 aromatic heterocycles. The van der Waals surface area contributed by atoms with Crippen molar-refractivity contribution in [2.45, 2.75) is 25.9 Å². The molecule has 2 heterocycles. The quantitative estimate of drug-likeness (QED) is 0.599. The second-order valence-electron chi connectivity index (χ2n) is 6.78. The Hall–Kier alpha value is -3.07. The van der Waals surface area contributed by atoms with E-state index < -0.39 is 0 Å². The fourth-order valence-electron chi connectivity index (χ4n) is 2.71. The molecule has 3 aromatic rings. The molecule has 2 amide bonds. The van der Waals surface area contributed by atoms with Crippen molar-refractivity contribution in [3.63, 3.8) is 0 Å². The average molecular weight is 414 g/mol. The van der Waals surface area contributed by atoms with Gasteiger partial charge in [-0.3, -0.25) is 14.2 Å². The van der Waals surface area contributed by atoms with Crippen molar-refractivity contribution < 1.29 is 14.1 Å². The van der Waals surface area contributed by atoms with Gasteiger partial charge in [0.25, 0.3) is 0 Å². The zero-order valence-electron chi connectivity index (χ0n) is 16.8. The van der Waals surface area contributed by atoms with Gasteiger partial charge in [0.2, 0.25) is 11.8 Å². The summed E-state index contributed by atoms with van der Waals surface area (Å²) < 4.78 is 6.88. The number of likely N-dealkylation sites (N-methyl/N-ethyl adjacent to an activating group) is 1. The van der Waals surface area contributed by atoms with Gasteiger partial charge in [-0.25, -0.2) is 4.98 Å². The van der Waals surface area contributed by atoms with E-state index in [2.05, 4.69) is 33.7 Å². The van der Waals surface area contributed by atoms with Crippen molar-refractivity contribution in [2.24, 2.45) is 0 Å². The number of carbonyl (C=O) groups excluding carboxylic acids is 2. The van der Waals surface area contributed by atoms with Crippen LogP contribution in [0, 0.1) is 20.8 Å². The van der Waals surface area contributed by atoms with Crippen LogP contribution in [0.5, 0.6) is 0 Å². The van der Waals surface area contributed by atoms with Crippen LogP contribution in [0.25, 0.3) is 5.69 Å². The summed E-state index contributed by atoms with van der Waals surface area (Å²) in [4.78, 5) is 30.3. The van der Waals surface area contributed by atoms with Gasteiger partial charge in [-0.1, -0.05) is 29.1 Å². The number of aryl methyl sites for hydroxylation is 3. The zero-order chi connectivity index (χ0) is 21.0. The van der Waals surface area contributed by atoms with Gasteiger partial charge < -0.3 is 14.7 Å². The maximum atomic E-state index is 12.5. The summed E-state index contributed by atoms with van der Waals surface area (Å²) in [6, 6.07) is 7.83. The fourth-order valence-corrected chi connectivity index (χ4v) is 3.61. The number of imidazole rings is 1. The molecule has 0 atom stereocenters. The van der Waals surface area contributed by atoms with Crippen molar-refractivity contribution in [3.8, 4) is 5.69 Å². The monoisotopic (exact) mass is 413 g/mol. The van der Waals surface area contributed by atoms with E-state index in [-0.39, 0.29) is 24.1 Å². The van der Waals surface area contributed by atoms with Gasteiger partial charge in [0, 0.05) is 25.5 Å². The number of amides is 2. The summed E-state index contributed by atoms with van der Waals surface area (Å²) in [5, 5.41) is 7.03. The normalized spacial score (nSPS) is 10.8. The third-order valence-electron chi connectivity index (χ3n) is 4.26. The molecule has 3 rings (SSSR count). The Kier molecular flexibility index (Phi) is 6.38. The smallest absolute Gasteiger partial charge is 0.245 e. The van der Waals surface area contributed by atoms with E-state index in [1.54, 1.807) is 26.2 Å². The van der Waals surface area contributed by atoms with E-state index >= 15 is 0 Å². The Balaban J connectivity index is 1.57. The third-order valence-corrected chi connectivity index (χ3v) is 5.21. The molecular formula is C20H23N5O3S. The molecule has 0 aliphatic rings. The minimum atomic E-state index is -0.337. The average Bonchev–Trinajstić information content (AvgIpc) is 3.30. The molecule has 0 aliphatic carbocycles. The lowest BCUT2D eigenvalue weighted by Crippen LogP contribution is -2.36. The van der Waals surface area contributed by atoms with Crippen LogP contribution in [-0.4, -0.2) is 50.8 Å². The minimum absolute atomic E-state index is 0.0727. The van der Waals surface area contributed by atoms with E-state index in [0.29, 0.717) is 11.6 Å². The minimum Gasteiger partial charge on any atom is -0.360 e. The highest BCUT2D eigenvalue weighted by atomic mass is 32.2. The van der Waals surface area contributed by atoms with E-state index in [4.69, 9.17) is 4.52 Å². The van der Waals surface area contributed by atoms with Gasteiger partial charge in [0.15, 0.2) is 11.0 Å². The second-order valence-corrected chi connectivity index (χ2v) is 7.72. The van der Waals surface area contributed by atoms with Crippen LogP contribution in [0.3, 0.4) is 0 Å². The number of hydrogen-bond acceptors (Lipinski definition) is 6. The number of thioether (sulfide) groups is 1. The Morgan fingerprint density at radius 1 is 1.24 bits per heavy atom. The van der Waals surface area contributed by atoms with Crippen molar-refractivity contribution in [2.75, 3.05) is 24.7 Å². The van der Waals surface area contributed by atoms with E-state index in [0.717, 1.165) is 22.0 Å². The SMILES string of the molecule is Cc1ccc(C)c(-n2ccnc2SCC(=O)N(C)CC(=O)Nc2cc(C)on2)c1. The molecular weight excluding hydrogens is 390 g/mol. The molecule has 0 radical (unpaired) electrons. The van der Waals surface area contributed by atoms with Crippen molar-refractivity contribution >= 4 is 29.4 Å². The highest BCUT2D eigenvalue weighted by Gasteiger charge is 2.16. The molecule has 1 aromatic carbocycles. The predicted octanol–water partition coefficient (Wildman–Crippen LogP) is 2.97. The first-order valence-electron chi connectivity index (χ1n) is 9.04. The van der Waals surface area contributed by atoms with Crippen molar-refractivity contribution in [1.29, 1.82) is 0 Å². The lowest BCUT2D eigenvalue weighted by atomic mass is 10.1. The van der Waals surface area contributed by atoms with Crippen LogP contribution in [0.1, 0.15) is 16.9 Å². The number of carbonyl (C=O) groups is 2. The highest BCUT2D eigenvalue weighted by molar-refractivity contribution is 7.99. The van der Waals surface area contributed by atoms with Gasteiger partial charge in [0.1, 0.15) is 5.76 Å². The molecule has 0 unspecified atom stereocenters. The first kappa shape index (κ1) is 20.7. The number of hydrogen-bond donors (Lipinski definition) is 1. The molecule has 8 nitrogen and oxygen atoms in total. The number of benzene rings is 1. The Labute approximate surface area is 173 Å². The molecule has 0 saturated heterocycles. The van der Waals surface area contributed by atoms with Gasteiger partial charge in [0.05, 0.1) is 18.0 Å². The van der Waals surface area contributed by atoms with E-state index in [1.807, 2.05) is 24.6 Å². The van der Waals surface area contributed by atoms with Crippen LogP contribution in [0.2, 0.25) is 0 Å². The molecule has 0 aliphatic heterocycles. The van der Waals surface area contributed by atoms with Crippen molar-refractivity contribution in [1.82, 2.24) is 19.6 Å².